The number of esters is 1. The van der Waals surface area contributed by atoms with Gasteiger partial charge in [-0.15, -0.1) is 6.42 Å². The van der Waals surface area contributed by atoms with Gasteiger partial charge < -0.3 is 9.47 Å². The summed E-state index contributed by atoms with van der Waals surface area (Å²) < 4.78 is 12.0. The Bertz CT molecular complexity index is 1070. The van der Waals surface area contributed by atoms with Gasteiger partial charge >= 0.3 is 5.97 Å². The van der Waals surface area contributed by atoms with Gasteiger partial charge in [0.05, 0.1) is 0 Å². The van der Waals surface area contributed by atoms with Gasteiger partial charge in [0.2, 0.25) is 0 Å². The number of carbonyl (C=O) groups is 1. The number of hydrogen-bond donors (Lipinski definition) is 1. The van der Waals surface area contributed by atoms with Gasteiger partial charge in [-0.1, -0.05) is 42.7 Å². The number of carbonyl (C=O) groups excluding carboxylic acids is 1. The Kier molecular flexibility index (Phi) is 6.81. The lowest BCUT2D eigenvalue weighted by atomic mass is 9.49. The monoisotopic (exact) mass is 491 g/mol. The Hall–Kier alpha value is -2.16. The second-order valence-corrected chi connectivity index (χ2v) is 11.6. The summed E-state index contributed by atoms with van der Waals surface area (Å²) in [6.07, 6.45) is 18.3. The maximum Gasteiger partial charge on any atom is 0.345 e. The summed E-state index contributed by atoms with van der Waals surface area (Å²) in [5.74, 6) is 5.86. The summed E-state index contributed by atoms with van der Waals surface area (Å²) in [6, 6.07) is 7.40. The Morgan fingerprint density at radius 1 is 1.23 bits per heavy atom. The molecule has 1 aromatic rings. The molecule has 0 saturated heterocycles. The van der Waals surface area contributed by atoms with E-state index in [4.69, 9.17) is 21.0 Å². The summed E-state index contributed by atoms with van der Waals surface area (Å²) in [7, 11) is 0. The van der Waals surface area contributed by atoms with Crippen LogP contribution in [0.15, 0.2) is 53.0 Å². The van der Waals surface area contributed by atoms with E-state index >= 15 is 0 Å². The van der Waals surface area contributed by atoms with Crippen molar-refractivity contribution < 1.29 is 14.3 Å². The Morgan fingerprint density at radius 2 is 2.09 bits per heavy atom. The molecule has 2 N–H and O–H groups in total. The van der Waals surface area contributed by atoms with Crippen molar-refractivity contribution in [2.75, 3.05) is 6.61 Å². The molecule has 3 fully saturated rings. The third kappa shape index (κ3) is 4.13. The molecule has 1 aromatic carbocycles. The van der Waals surface area contributed by atoms with Crippen molar-refractivity contribution in [3.05, 3.63) is 48.1 Å². The Morgan fingerprint density at radius 3 is 2.86 bits per heavy atom. The van der Waals surface area contributed by atoms with E-state index in [9.17, 15) is 4.79 Å². The first-order valence-electron chi connectivity index (χ1n) is 13.1. The second-order valence-electron chi connectivity index (χ2n) is 10.9. The lowest BCUT2D eigenvalue weighted by Crippen LogP contribution is -2.55. The predicted molar refractivity (Wildman–Crippen MR) is 140 cm³/mol. The maximum absolute atomic E-state index is 13.0. The van der Waals surface area contributed by atoms with Crippen LogP contribution in [-0.4, -0.2) is 18.2 Å². The Balaban J connectivity index is 1.33. The van der Waals surface area contributed by atoms with Crippen molar-refractivity contribution in [3.8, 4) is 18.1 Å². The van der Waals surface area contributed by atoms with Crippen LogP contribution in [0, 0.1) is 41.4 Å². The van der Waals surface area contributed by atoms with Crippen LogP contribution >= 0.6 is 11.9 Å². The average Bonchev–Trinajstić information content (AvgIpc) is 3.21. The highest BCUT2D eigenvalue weighted by atomic mass is 32.2. The topological polar surface area (TPSA) is 61.5 Å². The third-order valence-corrected chi connectivity index (χ3v) is 10.2. The molecule has 4 aliphatic rings. The first kappa shape index (κ1) is 24.5. The molecule has 0 amide bonds. The lowest BCUT2D eigenvalue weighted by molar-refractivity contribution is -0.175. The van der Waals surface area contributed by atoms with Crippen molar-refractivity contribution >= 4 is 17.9 Å². The van der Waals surface area contributed by atoms with Gasteiger partial charge in [-0.05, 0) is 112 Å². The molecule has 5 rings (SSSR count). The van der Waals surface area contributed by atoms with Gasteiger partial charge in [-0.25, -0.2) is 4.79 Å². The van der Waals surface area contributed by atoms with Crippen LogP contribution < -0.4 is 9.88 Å². The molecule has 6 atom stereocenters. The fourth-order valence-electron chi connectivity index (χ4n) is 8.22. The first-order chi connectivity index (χ1) is 16.9. The quantitative estimate of drug-likeness (QED) is 0.281. The lowest BCUT2D eigenvalue weighted by Gasteiger charge is -2.56. The van der Waals surface area contributed by atoms with Crippen molar-refractivity contribution in [2.24, 2.45) is 34.2 Å². The summed E-state index contributed by atoms with van der Waals surface area (Å²) in [4.78, 5) is 13.9. The van der Waals surface area contributed by atoms with Crippen LogP contribution in [-0.2, 0) is 9.53 Å². The van der Waals surface area contributed by atoms with Crippen molar-refractivity contribution in [2.45, 2.75) is 75.2 Å². The molecular weight excluding hydrogens is 454 g/mol. The minimum atomic E-state index is -0.843. The zero-order valence-electron chi connectivity index (χ0n) is 20.8. The van der Waals surface area contributed by atoms with Gasteiger partial charge in [-0.2, -0.15) is 0 Å². The molecule has 5 heteroatoms. The normalized spacial score (nSPS) is 35.7. The third-order valence-electron chi connectivity index (χ3n) is 9.69. The van der Waals surface area contributed by atoms with E-state index < -0.39 is 5.60 Å². The van der Waals surface area contributed by atoms with E-state index in [1.165, 1.54) is 31.3 Å². The van der Waals surface area contributed by atoms with E-state index in [0.29, 0.717) is 23.5 Å². The van der Waals surface area contributed by atoms with Gasteiger partial charge in [0, 0.05) is 10.3 Å². The van der Waals surface area contributed by atoms with Crippen LogP contribution in [0.2, 0.25) is 0 Å². The summed E-state index contributed by atoms with van der Waals surface area (Å²) in [5, 5.41) is 5.64. The minimum Gasteiger partial charge on any atom is -0.482 e. The van der Waals surface area contributed by atoms with Crippen molar-refractivity contribution in [1.29, 1.82) is 0 Å². The van der Waals surface area contributed by atoms with Crippen LogP contribution in [0.5, 0.6) is 5.75 Å². The molecule has 0 radical (unpaired) electrons. The van der Waals surface area contributed by atoms with Crippen LogP contribution in [0.4, 0.5) is 0 Å². The van der Waals surface area contributed by atoms with Gasteiger partial charge in [0.25, 0.3) is 0 Å². The average molecular weight is 492 g/mol. The number of allylic oxidation sites excluding steroid dienone is 3. The van der Waals surface area contributed by atoms with Gasteiger partial charge in [-0.3, -0.25) is 5.14 Å². The highest BCUT2D eigenvalue weighted by Gasteiger charge is 2.65. The standard InChI is InChI=1S/C30H37NO3S/c1-4-29-15-13-25-24-11-9-20(3)17-21(24)10-12-26(25)27(29)14-16-30(29,5-2)34-28(32)19-33-22-7-6-8-23(18-22)35-31/h2,6-8,17-18,24-27H,3-4,9-16,19,31H2,1H3/t24?,25?,26?,27?,29?,30-/m0/s1. The molecule has 0 bridgehead atoms. The maximum atomic E-state index is 13.0. The number of terminal acetylenes is 1. The summed E-state index contributed by atoms with van der Waals surface area (Å²) in [5.41, 5.74) is 1.94. The molecule has 4 aliphatic carbocycles. The number of fused-ring (bicyclic) bond motifs is 5. The number of rotatable bonds is 6. The second kappa shape index (κ2) is 9.71. The number of benzene rings is 1. The molecule has 0 spiro atoms. The molecule has 0 aromatic heterocycles. The van der Waals surface area contributed by atoms with Gasteiger partial charge in [0.1, 0.15) is 5.75 Å². The number of hydrogen-bond acceptors (Lipinski definition) is 5. The molecule has 35 heavy (non-hydrogen) atoms. The Labute approximate surface area is 214 Å². The highest BCUT2D eigenvalue weighted by molar-refractivity contribution is 7.97. The van der Waals surface area contributed by atoms with Crippen LogP contribution in [0.3, 0.4) is 0 Å². The molecule has 5 unspecified atom stereocenters. The van der Waals surface area contributed by atoms with E-state index in [-0.39, 0.29) is 18.0 Å². The molecule has 4 nitrogen and oxygen atoms in total. The molecule has 0 heterocycles. The minimum absolute atomic E-state index is 0.145. The van der Waals surface area contributed by atoms with Crippen molar-refractivity contribution in [1.82, 2.24) is 0 Å². The molecule has 3 saturated carbocycles. The zero-order valence-corrected chi connectivity index (χ0v) is 21.6. The van der Waals surface area contributed by atoms with Gasteiger partial charge in [0.15, 0.2) is 12.2 Å². The largest absolute Gasteiger partial charge is 0.482 e. The SMILES string of the molecule is C#C[C@]1(OC(=O)COc2cccc(SN)c2)CCC2C3CCC4=CC(=C)CCC4C3CCC21CC. The van der Waals surface area contributed by atoms with E-state index in [2.05, 4.69) is 25.5 Å². The van der Waals surface area contributed by atoms with E-state index in [0.717, 1.165) is 54.9 Å². The summed E-state index contributed by atoms with van der Waals surface area (Å²) >= 11 is 1.15. The summed E-state index contributed by atoms with van der Waals surface area (Å²) in [6.45, 7) is 6.31. The fraction of sp³-hybridized carbons (Fsp3) is 0.567. The van der Waals surface area contributed by atoms with Crippen molar-refractivity contribution in [3.63, 3.8) is 0 Å². The molecule has 0 aliphatic heterocycles. The van der Waals surface area contributed by atoms with E-state index in [1.54, 1.807) is 5.57 Å². The number of nitrogens with two attached hydrogens (primary N) is 1. The number of ether oxygens (including phenoxy) is 2. The zero-order chi connectivity index (χ0) is 24.6. The van der Waals surface area contributed by atoms with Crippen LogP contribution in [0.25, 0.3) is 0 Å². The molecular formula is C30H37NO3S. The van der Waals surface area contributed by atoms with E-state index in [1.807, 2.05) is 24.3 Å². The molecule has 186 valence electrons. The predicted octanol–water partition coefficient (Wildman–Crippen LogP) is 6.47. The highest BCUT2D eigenvalue weighted by Crippen LogP contribution is 2.67. The first-order valence-corrected chi connectivity index (χ1v) is 14.0. The van der Waals surface area contributed by atoms with Crippen LogP contribution in [0.1, 0.15) is 64.7 Å². The fourth-order valence-corrected chi connectivity index (χ4v) is 8.56. The smallest absolute Gasteiger partial charge is 0.345 e.